The number of carbonyl (C=O) groups excluding carboxylic acids is 1. The van der Waals surface area contributed by atoms with Crippen molar-refractivity contribution < 1.29 is 17.7 Å². The van der Waals surface area contributed by atoms with Crippen molar-refractivity contribution in [2.24, 2.45) is 0 Å². The molecule has 1 unspecified atom stereocenters. The van der Waals surface area contributed by atoms with E-state index in [-0.39, 0.29) is 36.0 Å². The highest BCUT2D eigenvalue weighted by atomic mass is 32.2. The lowest BCUT2D eigenvalue weighted by atomic mass is 9.93. The van der Waals surface area contributed by atoms with Gasteiger partial charge in [-0.3, -0.25) is 9.69 Å². The Kier molecular flexibility index (Phi) is 6.52. The maximum absolute atomic E-state index is 13.1. The highest BCUT2D eigenvalue weighted by Gasteiger charge is 2.38. The summed E-state index contributed by atoms with van der Waals surface area (Å²) in [5.74, 6) is 1.44. The Hall–Kier alpha value is -1.48. The molecule has 8 nitrogen and oxygen atoms in total. The molecule has 1 amide bonds. The third-order valence-corrected chi connectivity index (χ3v) is 7.24. The third-order valence-electron chi connectivity index (χ3n) is 5.49. The van der Waals surface area contributed by atoms with Crippen molar-refractivity contribution in [3.63, 3.8) is 0 Å². The van der Waals surface area contributed by atoms with Gasteiger partial charge in [-0.25, -0.2) is 8.42 Å². The second-order valence-corrected chi connectivity index (χ2v) is 10.0. The van der Waals surface area contributed by atoms with E-state index in [0.29, 0.717) is 31.1 Å². The molecule has 1 saturated heterocycles. The fourth-order valence-electron chi connectivity index (χ4n) is 4.16. The summed E-state index contributed by atoms with van der Waals surface area (Å²) in [7, 11) is -1.19. The molecule has 2 heterocycles. The van der Waals surface area contributed by atoms with Crippen molar-refractivity contribution in [2.45, 2.75) is 70.5 Å². The third kappa shape index (κ3) is 5.28. The van der Waals surface area contributed by atoms with Crippen molar-refractivity contribution in [1.29, 1.82) is 0 Å². The highest BCUT2D eigenvalue weighted by Crippen LogP contribution is 2.28. The van der Waals surface area contributed by atoms with Gasteiger partial charge in [-0.05, 0) is 26.3 Å². The summed E-state index contributed by atoms with van der Waals surface area (Å²) in [5.41, 5.74) is 0. The molecule has 1 aliphatic carbocycles. The van der Waals surface area contributed by atoms with Gasteiger partial charge in [0.05, 0.1) is 24.6 Å². The van der Waals surface area contributed by atoms with E-state index < -0.39 is 9.84 Å². The summed E-state index contributed by atoms with van der Waals surface area (Å²) in [6.45, 7) is 2.58. The van der Waals surface area contributed by atoms with Crippen molar-refractivity contribution in [3.05, 3.63) is 11.7 Å². The number of hydrogen-bond acceptors (Lipinski definition) is 7. The number of sulfone groups is 1. The number of hydrogen-bond donors (Lipinski definition) is 0. The van der Waals surface area contributed by atoms with Crippen LogP contribution in [0.3, 0.4) is 0 Å². The molecule has 152 valence electrons. The van der Waals surface area contributed by atoms with Crippen LogP contribution in [-0.4, -0.2) is 71.4 Å². The van der Waals surface area contributed by atoms with Crippen LogP contribution in [0.25, 0.3) is 0 Å². The van der Waals surface area contributed by atoms with Gasteiger partial charge in [0, 0.05) is 18.5 Å². The van der Waals surface area contributed by atoms with Gasteiger partial charge in [-0.1, -0.05) is 31.3 Å². The Morgan fingerprint density at radius 2 is 1.93 bits per heavy atom. The molecule has 0 N–H and O–H groups in total. The SMILES string of the molecule is CCc1noc(CN(C)CC(=O)N(C2CCCCC2)C2CCS(=O)(=O)C2)n1. The van der Waals surface area contributed by atoms with Crippen molar-refractivity contribution >= 4 is 15.7 Å². The normalized spacial score (nSPS) is 23.0. The summed E-state index contributed by atoms with van der Waals surface area (Å²) < 4.78 is 29.1. The molecule has 0 spiro atoms. The smallest absolute Gasteiger partial charge is 0.240 e. The van der Waals surface area contributed by atoms with E-state index in [2.05, 4.69) is 10.1 Å². The molecule has 0 radical (unpaired) electrons. The molecule has 0 bridgehead atoms. The maximum Gasteiger partial charge on any atom is 0.240 e. The van der Waals surface area contributed by atoms with E-state index in [1.807, 2.05) is 23.8 Å². The van der Waals surface area contributed by atoms with Gasteiger partial charge in [0.25, 0.3) is 0 Å². The van der Waals surface area contributed by atoms with E-state index in [0.717, 1.165) is 25.7 Å². The highest BCUT2D eigenvalue weighted by molar-refractivity contribution is 7.91. The zero-order valence-electron chi connectivity index (χ0n) is 16.3. The van der Waals surface area contributed by atoms with Gasteiger partial charge in [0.2, 0.25) is 11.8 Å². The molecule has 9 heteroatoms. The lowest BCUT2D eigenvalue weighted by molar-refractivity contribution is -0.137. The minimum absolute atomic E-state index is 0.00160. The maximum atomic E-state index is 13.1. The Morgan fingerprint density at radius 3 is 2.52 bits per heavy atom. The number of amides is 1. The Labute approximate surface area is 161 Å². The van der Waals surface area contributed by atoms with Crippen molar-refractivity contribution in [3.8, 4) is 0 Å². The molecule has 2 fully saturated rings. The van der Waals surface area contributed by atoms with E-state index in [1.54, 1.807) is 0 Å². The van der Waals surface area contributed by atoms with Crippen LogP contribution in [0, 0.1) is 0 Å². The first-order chi connectivity index (χ1) is 12.9. The quantitative estimate of drug-likeness (QED) is 0.685. The van der Waals surface area contributed by atoms with Crippen molar-refractivity contribution in [2.75, 3.05) is 25.1 Å². The number of aromatic nitrogens is 2. The summed E-state index contributed by atoms with van der Waals surface area (Å²) in [5, 5.41) is 3.88. The number of rotatable bonds is 7. The number of aryl methyl sites for hydroxylation is 1. The van der Waals surface area contributed by atoms with Crippen molar-refractivity contribution in [1.82, 2.24) is 19.9 Å². The fraction of sp³-hybridized carbons (Fsp3) is 0.833. The second kappa shape index (κ2) is 8.68. The van der Waals surface area contributed by atoms with Crippen LogP contribution in [0.4, 0.5) is 0 Å². The predicted molar refractivity (Wildman–Crippen MR) is 101 cm³/mol. The molecule has 27 heavy (non-hydrogen) atoms. The Morgan fingerprint density at radius 1 is 1.19 bits per heavy atom. The zero-order chi connectivity index (χ0) is 19.4. The monoisotopic (exact) mass is 398 g/mol. The second-order valence-electron chi connectivity index (χ2n) is 7.78. The minimum Gasteiger partial charge on any atom is -0.338 e. The van der Waals surface area contributed by atoms with Crippen LogP contribution in [0.1, 0.15) is 57.2 Å². The number of likely N-dealkylation sites (N-methyl/N-ethyl adjacent to an activating group) is 1. The summed E-state index contributed by atoms with van der Waals surface area (Å²) in [4.78, 5) is 21.2. The van der Waals surface area contributed by atoms with Gasteiger partial charge in [-0.15, -0.1) is 0 Å². The van der Waals surface area contributed by atoms with Gasteiger partial charge < -0.3 is 9.42 Å². The average Bonchev–Trinajstić information content (AvgIpc) is 3.22. The Balaban J connectivity index is 1.66. The van der Waals surface area contributed by atoms with Crippen LogP contribution in [0.15, 0.2) is 4.52 Å². The first kappa shape index (κ1) is 20.3. The molecule has 1 saturated carbocycles. The van der Waals surface area contributed by atoms with Crippen LogP contribution in [-0.2, 0) is 27.6 Å². The van der Waals surface area contributed by atoms with E-state index in [1.165, 1.54) is 6.42 Å². The fourth-order valence-corrected chi connectivity index (χ4v) is 5.87. The molecule has 1 aliphatic heterocycles. The van der Waals surface area contributed by atoms with Crippen LogP contribution >= 0.6 is 0 Å². The van der Waals surface area contributed by atoms with Gasteiger partial charge in [0.15, 0.2) is 15.7 Å². The molecule has 2 aliphatic rings. The zero-order valence-corrected chi connectivity index (χ0v) is 17.1. The van der Waals surface area contributed by atoms with Gasteiger partial charge in [-0.2, -0.15) is 4.98 Å². The van der Waals surface area contributed by atoms with Crippen LogP contribution in [0.5, 0.6) is 0 Å². The summed E-state index contributed by atoms with van der Waals surface area (Å²) in [6, 6.07) is -0.0258. The minimum atomic E-state index is -3.03. The molecule has 1 atom stereocenters. The number of nitrogens with zero attached hydrogens (tertiary/aromatic N) is 4. The molecule has 1 aromatic rings. The van der Waals surface area contributed by atoms with E-state index in [4.69, 9.17) is 4.52 Å². The summed E-state index contributed by atoms with van der Waals surface area (Å²) >= 11 is 0. The first-order valence-electron chi connectivity index (χ1n) is 9.89. The topological polar surface area (TPSA) is 96.6 Å². The standard InChI is InChI=1S/C18H30N4O4S/c1-3-16-19-17(26-20-16)11-21(2)12-18(23)22(14-7-5-4-6-8-14)15-9-10-27(24,25)13-15/h14-15H,3-13H2,1-2H3. The van der Waals surface area contributed by atoms with E-state index >= 15 is 0 Å². The van der Waals surface area contributed by atoms with Gasteiger partial charge >= 0.3 is 0 Å². The average molecular weight is 399 g/mol. The van der Waals surface area contributed by atoms with Crippen LogP contribution in [0.2, 0.25) is 0 Å². The molecule has 1 aromatic heterocycles. The largest absolute Gasteiger partial charge is 0.338 e. The Bertz CT molecular complexity index is 742. The molecular formula is C18H30N4O4S. The van der Waals surface area contributed by atoms with Crippen LogP contribution < -0.4 is 0 Å². The molecule has 0 aromatic carbocycles. The predicted octanol–water partition coefficient (Wildman–Crippen LogP) is 1.41. The molecule has 3 rings (SSSR count). The first-order valence-corrected chi connectivity index (χ1v) is 11.7. The summed E-state index contributed by atoms with van der Waals surface area (Å²) in [6.07, 6.45) is 6.59. The lowest BCUT2D eigenvalue weighted by Crippen LogP contribution is -2.51. The molecular weight excluding hydrogens is 368 g/mol. The number of carbonyl (C=O) groups is 1. The van der Waals surface area contributed by atoms with E-state index in [9.17, 15) is 13.2 Å². The lowest BCUT2D eigenvalue weighted by Gasteiger charge is -2.39. The van der Waals surface area contributed by atoms with Gasteiger partial charge in [0.1, 0.15) is 0 Å².